The first-order chi connectivity index (χ1) is 3.31. The summed E-state index contributed by atoms with van der Waals surface area (Å²) < 4.78 is 0. The molecule has 0 saturated carbocycles. The van der Waals surface area contributed by atoms with Gasteiger partial charge in [-0.2, -0.15) is 0 Å². The summed E-state index contributed by atoms with van der Waals surface area (Å²) in [6, 6.07) is 0. The molecule has 0 aliphatic rings. The van der Waals surface area contributed by atoms with Crippen LogP contribution in [-0.2, 0) is 0 Å². The third-order valence-electron chi connectivity index (χ3n) is 0.640. The van der Waals surface area contributed by atoms with Gasteiger partial charge in [0.2, 0.25) is 0 Å². The van der Waals surface area contributed by atoms with E-state index in [1.54, 1.807) is 13.3 Å². The summed E-state index contributed by atoms with van der Waals surface area (Å²) in [4.78, 5) is 7.66. The Balaban J connectivity index is 3.58. The Morgan fingerprint density at radius 3 is 2.29 bits per heavy atom. The molecule has 0 heterocycles. The molecule has 0 saturated heterocycles. The number of amidine groups is 1. The van der Waals surface area contributed by atoms with Crippen LogP contribution in [0.4, 0.5) is 0 Å². The SMILES string of the molecule is CC=NC(C)=NC. The van der Waals surface area contributed by atoms with Crippen molar-refractivity contribution in [2.45, 2.75) is 13.8 Å². The van der Waals surface area contributed by atoms with Crippen LogP contribution >= 0.6 is 0 Å². The normalized spacial score (nSPS) is 13.3. The summed E-state index contributed by atoms with van der Waals surface area (Å²) in [5.74, 6) is 0.822. The standard InChI is InChI=1S/C5H10N2/c1-4-7-5(2)6-3/h4H,1-3H3. The lowest BCUT2D eigenvalue weighted by Crippen LogP contribution is -1.81. The highest BCUT2D eigenvalue weighted by Crippen LogP contribution is 1.72. The Bertz CT molecular complexity index is 92.3. The number of aliphatic imine (C=N–C) groups is 2. The topological polar surface area (TPSA) is 24.7 Å². The van der Waals surface area contributed by atoms with Gasteiger partial charge in [-0.1, -0.05) is 0 Å². The summed E-state index contributed by atoms with van der Waals surface area (Å²) in [6.45, 7) is 3.73. The molecule has 7 heavy (non-hydrogen) atoms. The van der Waals surface area contributed by atoms with E-state index >= 15 is 0 Å². The smallest absolute Gasteiger partial charge is 0.119 e. The van der Waals surface area contributed by atoms with Crippen LogP contribution in [0.15, 0.2) is 9.98 Å². The lowest BCUT2D eigenvalue weighted by molar-refractivity contribution is 1.38. The Labute approximate surface area is 44.0 Å². The van der Waals surface area contributed by atoms with Crippen molar-refractivity contribution in [2.24, 2.45) is 9.98 Å². The van der Waals surface area contributed by atoms with E-state index in [2.05, 4.69) is 9.98 Å². The number of hydrogen-bond donors (Lipinski definition) is 0. The first-order valence-electron chi connectivity index (χ1n) is 2.23. The summed E-state index contributed by atoms with van der Waals surface area (Å²) >= 11 is 0. The molecule has 0 spiro atoms. The zero-order valence-electron chi connectivity index (χ0n) is 4.97. The molecule has 40 valence electrons. The van der Waals surface area contributed by atoms with Crippen molar-refractivity contribution in [1.82, 2.24) is 0 Å². The highest BCUT2D eigenvalue weighted by molar-refractivity contribution is 5.86. The molecule has 0 aromatic heterocycles. The van der Waals surface area contributed by atoms with Gasteiger partial charge in [0.05, 0.1) is 0 Å². The lowest BCUT2D eigenvalue weighted by Gasteiger charge is -1.81. The molecule has 0 N–H and O–H groups in total. The third kappa shape index (κ3) is 3.16. The van der Waals surface area contributed by atoms with Crippen molar-refractivity contribution < 1.29 is 0 Å². The quantitative estimate of drug-likeness (QED) is 0.320. The van der Waals surface area contributed by atoms with Gasteiger partial charge in [-0.05, 0) is 13.8 Å². The van der Waals surface area contributed by atoms with Crippen molar-refractivity contribution in [3.63, 3.8) is 0 Å². The maximum atomic E-state index is 3.87. The second kappa shape index (κ2) is 3.53. The second-order valence-electron chi connectivity index (χ2n) is 1.16. The van der Waals surface area contributed by atoms with E-state index in [1.807, 2.05) is 13.8 Å². The molecule has 0 fully saturated rings. The van der Waals surface area contributed by atoms with Gasteiger partial charge in [-0.15, -0.1) is 0 Å². The molecule has 2 heteroatoms. The van der Waals surface area contributed by atoms with Crippen LogP contribution < -0.4 is 0 Å². The van der Waals surface area contributed by atoms with E-state index in [9.17, 15) is 0 Å². The van der Waals surface area contributed by atoms with Crippen LogP contribution in [0.3, 0.4) is 0 Å². The monoisotopic (exact) mass is 98.1 g/mol. The summed E-state index contributed by atoms with van der Waals surface area (Å²) in [5, 5.41) is 0. The summed E-state index contributed by atoms with van der Waals surface area (Å²) in [7, 11) is 1.72. The third-order valence-corrected chi connectivity index (χ3v) is 0.640. The second-order valence-corrected chi connectivity index (χ2v) is 1.16. The summed E-state index contributed by atoms with van der Waals surface area (Å²) in [6.07, 6.45) is 1.72. The van der Waals surface area contributed by atoms with Crippen molar-refractivity contribution in [1.29, 1.82) is 0 Å². The molecule has 0 amide bonds. The van der Waals surface area contributed by atoms with E-state index in [0.717, 1.165) is 5.84 Å². The van der Waals surface area contributed by atoms with Crippen LogP contribution in [0.2, 0.25) is 0 Å². The van der Waals surface area contributed by atoms with E-state index in [-0.39, 0.29) is 0 Å². The maximum Gasteiger partial charge on any atom is 0.119 e. The zero-order valence-corrected chi connectivity index (χ0v) is 4.97. The molecule has 0 rings (SSSR count). The molecule has 0 unspecified atom stereocenters. The maximum absolute atomic E-state index is 3.87. The van der Waals surface area contributed by atoms with E-state index in [4.69, 9.17) is 0 Å². The fraction of sp³-hybridized carbons (Fsp3) is 0.600. The van der Waals surface area contributed by atoms with E-state index in [0.29, 0.717) is 0 Å². The highest BCUT2D eigenvalue weighted by Gasteiger charge is 1.72. The molecular formula is C5H10N2. The Kier molecular flexibility index (Phi) is 3.19. The van der Waals surface area contributed by atoms with Crippen molar-refractivity contribution in [3.05, 3.63) is 0 Å². The number of hydrogen-bond acceptors (Lipinski definition) is 1. The molecule has 0 aromatic carbocycles. The minimum Gasteiger partial charge on any atom is -0.274 e. The molecule has 0 aromatic rings. The molecule has 0 radical (unpaired) electrons. The Hall–Kier alpha value is -0.660. The van der Waals surface area contributed by atoms with Gasteiger partial charge in [0.15, 0.2) is 0 Å². The van der Waals surface area contributed by atoms with Gasteiger partial charge in [-0.3, -0.25) is 4.99 Å². The lowest BCUT2D eigenvalue weighted by atomic mass is 10.7. The van der Waals surface area contributed by atoms with Gasteiger partial charge >= 0.3 is 0 Å². The highest BCUT2D eigenvalue weighted by atomic mass is 14.9. The molecule has 0 aliphatic heterocycles. The van der Waals surface area contributed by atoms with Crippen molar-refractivity contribution in [2.75, 3.05) is 7.05 Å². The van der Waals surface area contributed by atoms with Gasteiger partial charge in [0, 0.05) is 13.3 Å². The first kappa shape index (κ1) is 6.34. The first-order valence-corrected chi connectivity index (χ1v) is 2.23. The molecule has 0 bridgehead atoms. The average Bonchev–Trinajstić information content (AvgIpc) is 1.68. The average molecular weight is 98.1 g/mol. The Morgan fingerprint density at radius 2 is 2.14 bits per heavy atom. The fourth-order valence-corrected chi connectivity index (χ4v) is 0.245. The van der Waals surface area contributed by atoms with Crippen LogP contribution in [0.5, 0.6) is 0 Å². The van der Waals surface area contributed by atoms with Gasteiger partial charge in [-0.25, -0.2) is 4.99 Å². The molecule has 2 nitrogen and oxygen atoms in total. The van der Waals surface area contributed by atoms with Crippen molar-refractivity contribution in [3.8, 4) is 0 Å². The Morgan fingerprint density at radius 1 is 1.57 bits per heavy atom. The minimum absolute atomic E-state index is 0.822. The fourth-order valence-electron chi connectivity index (χ4n) is 0.245. The molecule has 0 aliphatic carbocycles. The molecule has 0 atom stereocenters. The van der Waals surface area contributed by atoms with Crippen LogP contribution in [0, 0.1) is 0 Å². The summed E-state index contributed by atoms with van der Waals surface area (Å²) in [5.41, 5.74) is 0. The van der Waals surface area contributed by atoms with E-state index in [1.165, 1.54) is 0 Å². The minimum atomic E-state index is 0.822. The van der Waals surface area contributed by atoms with Crippen molar-refractivity contribution >= 4 is 12.1 Å². The largest absolute Gasteiger partial charge is 0.274 e. The predicted molar refractivity (Wildman–Crippen MR) is 33.2 cm³/mol. The van der Waals surface area contributed by atoms with Gasteiger partial charge in [0.25, 0.3) is 0 Å². The number of rotatable bonds is 0. The van der Waals surface area contributed by atoms with Crippen LogP contribution in [0.1, 0.15) is 13.8 Å². The van der Waals surface area contributed by atoms with Gasteiger partial charge in [0.1, 0.15) is 5.84 Å². The van der Waals surface area contributed by atoms with Crippen LogP contribution in [0.25, 0.3) is 0 Å². The van der Waals surface area contributed by atoms with Crippen LogP contribution in [-0.4, -0.2) is 19.1 Å². The molecular weight excluding hydrogens is 88.1 g/mol. The zero-order chi connectivity index (χ0) is 5.70. The number of nitrogens with zero attached hydrogens (tertiary/aromatic N) is 2. The van der Waals surface area contributed by atoms with E-state index < -0.39 is 0 Å². The van der Waals surface area contributed by atoms with Gasteiger partial charge < -0.3 is 0 Å². The predicted octanol–water partition coefficient (Wildman–Crippen LogP) is 1.13.